The van der Waals surface area contributed by atoms with Crippen LogP contribution in [0.4, 0.5) is 16.2 Å². The Morgan fingerprint density at radius 2 is 1.58 bits per heavy atom. The van der Waals surface area contributed by atoms with Crippen molar-refractivity contribution in [2.75, 3.05) is 17.2 Å². The Balaban J connectivity index is 1.92. The Labute approximate surface area is 192 Å². The third kappa shape index (κ3) is 6.33. The van der Waals surface area contributed by atoms with Crippen molar-refractivity contribution in [3.8, 4) is 5.75 Å². The van der Waals surface area contributed by atoms with Crippen LogP contribution in [0.15, 0.2) is 71.6 Å². The van der Waals surface area contributed by atoms with Crippen molar-refractivity contribution in [3.63, 3.8) is 0 Å². The Bertz CT molecular complexity index is 1290. The Morgan fingerprint density at radius 1 is 0.879 bits per heavy atom. The number of urea groups is 1. The largest absolute Gasteiger partial charge is 0.462 e. The molecule has 0 heterocycles. The van der Waals surface area contributed by atoms with Crippen LogP contribution in [-0.2, 0) is 14.9 Å². The number of ether oxygens (including phenoxy) is 1. The summed E-state index contributed by atoms with van der Waals surface area (Å²) < 4.78 is 36.0. The maximum atomic E-state index is 12.9. The molecule has 3 aromatic carbocycles. The lowest BCUT2D eigenvalue weighted by atomic mass is 10.2. The number of rotatable bonds is 7. The highest BCUT2D eigenvalue weighted by atomic mass is 32.2. The molecular weight excluding hydrogens is 444 g/mol. The van der Waals surface area contributed by atoms with Crippen LogP contribution in [0.2, 0.25) is 0 Å². The molecule has 0 radical (unpaired) electrons. The zero-order valence-electron chi connectivity index (χ0n) is 18.4. The number of aryl methyl sites for hydroxylation is 2. The van der Waals surface area contributed by atoms with Crippen molar-refractivity contribution in [2.24, 2.45) is 0 Å². The van der Waals surface area contributed by atoms with Gasteiger partial charge in [0.25, 0.3) is 0 Å². The first-order valence-corrected chi connectivity index (χ1v) is 11.6. The molecule has 172 valence electrons. The van der Waals surface area contributed by atoms with Gasteiger partial charge in [-0.15, -0.1) is 0 Å². The standard InChI is InChI=1S/C24H24N2O6S/c1-4-31-23(27)18-11-12-21(26-24(28)25-19-9-5-7-16(2)13-19)22(15-18)32-33(29,30)20-10-6-8-17(3)14-20/h5-15H,4H2,1-3H3,(H2,25,26,28). The summed E-state index contributed by atoms with van der Waals surface area (Å²) in [6, 6.07) is 16.8. The van der Waals surface area contributed by atoms with E-state index in [-0.39, 0.29) is 28.5 Å². The summed E-state index contributed by atoms with van der Waals surface area (Å²) in [4.78, 5) is 24.6. The van der Waals surface area contributed by atoms with E-state index in [4.69, 9.17) is 8.92 Å². The predicted octanol–water partition coefficient (Wildman–Crippen LogP) is 4.89. The van der Waals surface area contributed by atoms with Gasteiger partial charge in [-0.1, -0.05) is 24.3 Å². The molecule has 0 aromatic heterocycles. The summed E-state index contributed by atoms with van der Waals surface area (Å²) in [5.74, 6) is -0.868. The van der Waals surface area contributed by atoms with Crippen LogP contribution in [0.3, 0.4) is 0 Å². The van der Waals surface area contributed by atoms with Gasteiger partial charge in [-0.25, -0.2) is 9.59 Å². The fourth-order valence-electron chi connectivity index (χ4n) is 2.98. The van der Waals surface area contributed by atoms with Crippen molar-refractivity contribution >= 4 is 33.5 Å². The third-order valence-corrected chi connectivity index (χ3v) is 5.72. The summed E-state index contributed by atoms with van der Waals surface area (Å²) >= 11 is 0. The molecule has 0 atom stereocenters. The smallest absolute Gasteiger partial charge is 0.339 e. The van der Waals surface area contributed by atoms with E-state index in [1.165, 1.54) is 30.3 Å². The highest BCUT2D eigenvalue weighted by molar-refractivity contribution is 7.87. The molecular formula is C24H24N2O6S. The van der Waals surface area contributed by atoms with Gasteiger partial charge in [0.15, 0.2) is 5.75 Å². The van der Waals surface area contributed by atoms with Gasteiger partial charge in [-0.2, -0.15) is 8.42 Å². The van der Waals surface area contributed by atoms with E-state index in [1.807, 2.05) is 13.0 Å². The molecule has 0 aliphatic carbocycles. The molecule has 2 amide bonds. The Hall–Kier alpha value is -3.85. The monoisotopic (exact) mass is 468 g/mol. The first-order valence-electron chi connectivity index (χ1n) is 10.1. The molecule has 3 aromatic rings. The lowest BCUT2D eigenvalue weighted by Gasteiger charge is -2.15. The summed E-state index contributed by atoms with van der Waals surface area (Å²) in [6.45, 7) is 5.45. The molecule has 0 unspecified atom stereocenters. The molecule has 2 N–H and O–H groups in total. The number of anilines is 2. The van der Waals surface area contributed by atoms with Crippen molar-refractivity contribution in [2.45, 2.75) is 25.7 Å². The fraction of sp³-hybridized carbons (Fsp3) is 0.167. The number of carbonyl (C=O) groups is 2. The zero-order valence-corrected chi connectivity index (χ0v) is 19.2. The molecule has 0 spiro atoms. The lowest BCUT2D eigenvalue weighted by molar-refractivity contribution is 0.0526. The lowest BCUT2D eigenvalue weighted by Crippen LogP contribution is -2.21. The quantitative estimate of drug-likeness (QED) is 0.377. The minimum absolute atomic E-state index is 0.0563. The van der Waals surface area contributed by atoms with Crippen LogP contribution in [0.5, 0.6) is 5.75 Å². The van der Waals surface area contributed by atoms with Crippen LogP contribution in [0.25, 0.3) is 0 Å². The molecule has 0 bridgehead atoms. The van der Waals surface area contributed by atoms with Gasteiger partial charge in [-0.05, 0) is 74.4 Å². The second-order valence-electron chi connectivity index (χ2n) is 7.23. The molecule has 0 fully saturated rings. The minimum atomic E-state index is -4.24. The van der Waals surface area contributed by atoms with E-state index in [9.17, 15) is 18.0 Å². The maximum absolute atomic E-state index is 12.9. The molecule has 0 aliphatic rings. The van der Waals surface area contributed by atoms with Gasteiger partial charge in [0.1, 0.15) is 4.90 Å². The van der Waals surface area contributed by atoms with Crippen molar-refractivity contribution in [1.82, 2.24) is 0 Å². The number of hydrogen-bond donors (Lipinski definition) is 2. The van der Waals surface area contributed by atoms with Crippen LogP contribution in [0.1, 0.15) is 28.4 Å². The highest BCUT2D eigenvalue weighted by Gasteiger charge is 2.21. The van der Waals surface area contributed by atoms with E-state index in [0.29, 0.717) is 5.69 Å². The zero-order chi connectivity index (χ0) is 24.0. The molecule has 8 nitrogen and oxygen atoms in total. The molecule has 3 rings (SSSR count). The highest BCUT2D eigenvalue weighted by Crippen LogP contribution is 2.30. The minimum Gasteiger partial charge on any atom is -0.462 e. The Kier molecular flexibility index (Phi) is 7.34. The van der Waals surface area contributed by atoms with E-state index in [2.05, 4.69) is 10.6 Å². The van der Waals surface area contributed by atoms with E-state index >= 15 is 0 Å². The third-order valence-electron chi connectivity index (χ3n) is 4.49. The SMILES string of the molecule is CCOC(=O)c1ccc(NC(=O)Nc2cccc(C)c2)c(OS(=O)(=O)c2cccc(C)c2)c1. The van der Waals surface area contributed by atoms with E-state index in [1.54, 1.807) is 44.2 Å². The van der Waals surface area contributed by atoms with Gasteiger partial charge in [0, 0.05) is 5.69 Å². The number of carbonyl (C=O) groups excluding carboxylic acids is 2. The van der Waals surface area contributed by atoms with Gasteiger partial charge in [0.05, 0.1) is 17.9 Å². The average Bonchev–Trinajstić information content (AvgIpc) is 2.75. The van der Waals surface area contributed by atoms with Gasteiger partial charge in [-0.3, -0.25) is 0 Å². The van der Waals surface area contributed by atoms with E-state index < -0.39 is 22.1 Å². The average molecular weight is 469 g/mol. The van der Waals surface area contributed by atoms with Crippen LogP contribution >= 0.6 is 0 Å². The maximum Gasteiger partial charge on any atom is 0.339 e. The van der Waals surface area contributed by atoms with Crippen LogP contribution < -0.4 is 14.8 Å². The predicted molar refractivity (Wildman–Crippen MR) is 125 cm³/mol. The van der Waals surface area contributed by atoms with Crippen LogP contribution in [0, 0.1) is 13.8 Å². The molecule has 0 saturated heterocycles. The van der Waals surface area contributed by atoms with Gasteiger partial charge >= 0.3 is 22.1 Å². The second-order valence-corrected chi connectivity index (χ2v) is 8.78. The van der Waals surface area contributed by atoms with Crippen molar-refractivity contribution in [1.29, 1.82) is 0 Å². The van der Waals surface area contributed by atoms with Crippen molar-refractivity contribution < 1.29 is 26.9 Å². The number of benzene rings is 3. The summed E-state index contributed by atoms with van der Waals surface area (Å²) in [7, 11) is -4.24. The number of nitrogens with one attached hydrogen (secondary N) is 2. The molecule has 33 heavy (non-hydrogen) atoms. The first kappa shape index (κ1) is 23.8. The first-order chi connectivity index (χ1) is 15.7. The fourth-order valence-corrected chi connectivity index (χ4v) is 4.03. The van der Waals surface area contributed by atoms with Crippen molar-refractivity contribution in [3.05, 3.63) is 83.4 Å². The second kappa shape index (κ2) is 10.2. The van der Waals surface area contributed by atoms with Gasteiger partial charge in [0.2, 0.25) is 0 Å². The molecule has 0 saturated carbocycles. The van der Waals surface area contributed by atoms with Crippen LogP contribution in [-0.4, -0.2) is 27.0 Å². The normalized spacial score (nSPS) is 10.9. The topological polar surface area (TPSA) is 111 Å². The number of hydrogen-bond acceptors (Lipinski definition) is 6. The summed E-state index contributed by atoms with van der Waals surface area (Å²) in [6.07, 6.45) is 0. The summed E-state index contributed by atoms with van der Waals surface area (Å²) in [5, 5.41) is 5.24. The number of amides is 2. The van der Waals surface area contributed by atoms with E-state index in [0.717, 1.165) is 11.1 Å². The molecule has 9 heteroatoms. The van der Waals surface area contributed by atoms with Gasteiger partial charge < -0.3 is 19.6 Å². The number of esters is 1. The Morgan fingerprint density at radius 3 is 2.24 bits per heavy atom. The summed E-state index contributed by atoms with van der Waals surface area (Å²) in [5.41, 5.74) is 2.39. The molecule has 0 aliphatic heterocycles.